The van der Waals surface area contributed by atoms with Crippen molar-refractivity contribution in [3.05, 3.63) is 44.8 Å². The van der Waals surface area contributed by atoms with E-state index in [0.717, 1.165) is 38.1 Å². The molecule has 5 nitrogen and oxygen atoms in total. The third-order valence-electron chi connectivity index (χ3n) is 4.47. The zero-order valence-electron chi connectivity index (χ0n) is 14.9. The molecule has 0 amide bonds. The van der Waals surface area contributed by atoms with Crippen LogP contribution < -0.4 is 15.0 Å². The lowest BCUT2D eigenvalue weighted by molar-refractivity contribution is 0.297. The first-order chi connectivity index (χ1) is 12.5. The first kappa shape index (κ1) is 17.4. The van der Waals surface area contributed by atoms with Gasteiger partial charge in [-0.25, -0.2) is 4.98 Å². The molecule has 0 bridgehead atoms. The summed E-state index contributed by atoms with van der Waals surface area (Å²) in [7, 11) is 0. The van der Waals surface area contributed by atoms with E-state index in [0.29, 0.717) is 24.4 Å². The van der Waals surface area contributed by atoms with Crippen molar-refractivity contribution in [3.8, 4) is 11.5 Å². The van der Waals surface area contributed by atoms with Gasteiger partial charge in [0.25, 0.3) is 5.56 Å². The molecule has 0 spiro atoms. The van der Waals surface area contributed by atoms with Crippen LogP contribution in [-0.4, -0.2) is 23.2 Å². The fraction of sp³-hybridized carbons (Fsp3) is 0.368. The monoisotopic (exact) mass is 388 g/mol. The van der Waals surface area contributed by atoms with Crippen LogP contribution in [0.4, 0.5) is 0 Å². The summed E-state index contributed by atoms with van der Waals surface area (Å²) in [4.78, 5) is 23.2. The van der Waals surface area contributed by atoms with Crippen LogP contribution in [0.5, 0.6) is 11.5 Å². The normalized spacial score (nSPS) is 15.0. The first-order valence-corrected chi connectivity index (χ1v) is 10.3. The van der Waals surface area contributed by atoms with Crippen LogP contribution in [0.15, 0.2) is 27.9 Å². The lowest BCUT2D eigenvalue weighted by Gasteiger charge is -2.13. The number of nitrogens with one attached hydrogen (secondary N) is 1. The quantitative estimate of drug-likeness (QED) is 0.664. The number of aromatic nitrogens is 2. The van der Waals surface area contributed by atoms with E-state index in [1.165, 1.54) is 0 Å². The fourth-order valence-electron chi connectivity index (χ4n) is 2.94. The summed E-state index contributed by atoms with van der Waals surface area (Å²) in [5.41, 5.74) is 0.964. The van der Waals surface area contributed by atoms with Crippen molar-refractivity contribution in [1.82, 2.24) is 9.97 Å². The average molecular weight is 389 g/mol. The second-order valence-electron chi connectivity index (χ2n) is 6.33. The Morgan fingerprint density at radius 1 is 1.23 bits per heavy atom. The Morgan fingerprint density at radius 3 is 2.81 bits per heavy atom. The van der Waals surface area contributed by atoms with Gasteiger partial charge in [-0.1, -0.05) is 0 Å². The minimum Gasteiger partial charge on any atom is -0.490 e. The van der Waals surface area contributed by atoms with Crippen molar-refractivity contribution in [2.75, 3.05) is 13.2 Å². The van der Waals surface area contributed by atoms with E-state index in [4.69, 9.17) is 14.5 Å². The molecule has 7 heteroatoms. The minimum atomic E-state index is -0.0574. The van der Waals surface area contributed by atoms with Gasteiger partial charge in [0.1, 0.15) is 10.7 Å². The molecule has 0 radical (unpaired) electrons. The van der Waals surface area contributed by atoms with E-state index >= 15 is 0 Å². The number of fused-ring (bicyclic) bond motifs is 2. The molecule has 0 saturated carbocycles. The van der Waals surface area contributed by atoms with Crippen LogP contribution in [0.3, 0.4) is 0 Å². The highest BCUT2D eigenvalue weighted by Crippen LogP contribution is 2.39. The van der Waals surface area contributed by atoms with E-state index < -0.39 is 0 Å². The molecule has 0 aliphatic carbocycles. The molecule has 3 aromatic rings. The summed E-state index contributed by atoms with van der Waals surface area (Å²) >= 11 is 3.22. The Hall–Kier alpha value is -1.99. The summed E-state index contributed by atoms with van der Waals surface area (Å²) in [5.74, 6) is 2.26. The number of hydrogen-bond acceptors (Lipinski definition) is 6. The predicted octanol–water partition coefficient (Wildman–Crippen LogP) is 4.62. The van der Waals surface area contributed by atoms with Gasteiger partial charge in [-0.3, -0.25) is 4.79 Å². The van der Waals surface area contributed by atoms with Gasteiger partial charge in [0, 0.05) is 16.2 Å². The summed E-state index contributed by atoms with van der Waals surface area (Å²) in [5, 5.41) is 0.726. The molecule has 0 fully saturated rings. The fourth-order valence-corrected chi connectivity index (χ4v) is 4.93. The van der Waals surface area contributed by atoms with Gasteiger partial charge in [-0.2, -0.15) is 0 Å². The van der Waals surface area contributed by atoms with E-state index in [-0.39, 0.29) is 10.8 Å². The highest BCUT2D eigenvalue weighted by molar-refractivity contribution is 7.99. The number of thiophene rings is 1. The zero-order chi connectivity index (χ0) is 18.3. The Labute approximate surface area is 159 Å². The number of H-pyrrole nitrogens is 1. The van der Waals surface area contributed by atoms with E-state index in [2.05, 4.69) is 4.98 Å². The highest BCUT2D eigenvalue weighted by atomic mass is 32.2. The number of ether oxygens (including phenoxy) is 2. The maximum Gasteiger partial charge on any atom is 0.259 e. The molecule has 136 valence electrons. The maximum atomic E-state index is 12.5. The zero-order valence-corrected chi connectivity index (χ0v) is 16.6. The SMILES string of the molecule is Cc1sc2nc(C(C)Sc3ccc4c(c3)OCCCO4)[nH]c(=O)c2c1C. The van der Waals surface area contributed by atoms with Crippen molar-refractivity contribution in [2.45, 2.75) is 37.3 Å². The number of aryl methyl sites for hydroxylation is 2. The van der Waals surface area contributed by atoms with Crippen molar-refractivity contribution in [3.63, 3.8) is 0 Å². The number of aromatic amines is 1. The number of rotatable bonds is 3. The second kappa shape index (κ2) is 6.96. The molecule has 1 aliphatic rings. The van der Waals surface area contributed by atoms with Gasteiger partial charge < -0.3 is 14.5 Å². The van der Waals surface area contributed by atoms with E-state index in [1.807, 2.05) is 39.0 Å². The Bertz CT molecular complexity index is 1030. The van der Waals surface area contributed by atoms with Gasteiger partial charge in [0.15, 0.2) is 11.5 Å². The van der Waals surface area contributed by atoms with Gasteiger partial charge >= 0.3 is 0 Å². The van der Waals surface area contributed by atoms with Gasteiger partial charge in [-0.15, -0.1) is 23.1 Å². The molecule has 1 aromatic carbocycles. The largest absolute Gasteiger partial charge is 0.490 e. The van der Waals surface area contributed by atoms with Crippen molar-refractivity contribution in [2.24, 2.45) is 0 Å². The van der Waals surface area contributed by atoms with Crippen LogP contribution in [0.1, 0.15) is 34.9 Å². The summed E-state index contributed by atoms with van der Waals surface area (Å²) in [6.07, 6.45) is 0.887. The molecule has 26 heavy (non-hydrogen) atoms. The predicted molar refractivity (Wildman–Crippen MR) is 106 cm³/mol. The summed E-state index contributed by atoms with van der Waals surface area (Å²) in [6.45, 7) is 7.39. The molecule has 4 rings (SSSR count). The van der Waals surface area contributed by atoms with Crippen molar-refractivity contribution in [1.29, 1.82) is 0 Å². The highest BCUT2D eigenvalue weighted by Gasteiger charge is 2.17. The molecule has 0 saturated heterocycles. The number of hydrogen-bond donors (Lipinski definition) is 1. The molecule has 2 aromatic heterocycles. The van der Waals surface area contributed by atoms with Crippen LogP contribution in [0.2, 0.25) is 0 Å². The molecule has 1 N–H and O–H groups in total. The summed E-state index contributed by atoms with van der Waals surface area (Å²) in [6, 6.07) is 5.96. The van der Waals surface area contributed by atoms with Crippen LogP contribution in [-0.2, 0) is 0 Å². The average Bonchev–Trinajstić information content (AvgIpc) is 2.78. The smallest absolute Gasteiger partial charge is 0.259 e. The molecule has 3 heterocycles. The Balaban J connectivity index is 1.62. The van der Waals surface area contributed by atoms with Gasteiger partial charge in [0.2, 0.25) is 0 Å². The molecule has 1 atom stereocenters. The van der Waals surface area contributed by atoms with Crippen molar-refractivity contribution < 1.29 is 9.47 Å². The minimum absolute atomic E-state index is 0.0135. The second-order valence-corrected chi connectivity index (χ2v) is 8.95. The topological polar surface area (TPSA) is 64.2 Å². The van der Waals surface area contributed by atoms with Crippen LogP contribution in [0, 0.1) is 13.8 Å². The number of thioether (sulfide) groups is 1. The van der Waals surface area contributed by atoms with Gasteiger partial charge in [0.05, 0.1) is 23.8 Å². The van der Waals surface area contributed by atoms with Gasteiger partial charge in [-0.05, 0) is 44.5 Å². The lowest BCUT2D eigenvalue weighted by Crippen LogP contribution is -2.12. The van der Waals surface area contributed by atoms with Crippen LogP contribution >= 0.6 is 23.1 Å². The third-order valence-corrected chi connectivity index (χ3v) is 6.68. The Kier molecular flexibility index (Phi) is 4.67. The first-order valence-electron chi connectivity index (χ1n) is 8.59. The molecule has 1 aliphatic heterocycles. The standard InChI is InChI=1S/C19H20N2O3S2/c1-10-11(2)26-19-16(10)18(22)20-17(21-19)12(3)25-13-5-6-14-15(9-13)24-8-4-7-23-14/h5-6,9,12H,4,7-8H2,1-3H3,(H,20,21,22). The number of benzene rings is 1. The van der Waals surface area contributed by atoms with Crippen LogP contribution in [0.25, 0.3) is 10.2 Å². The number of nitrogens with zero attached hydrogens (tertiary/aromatic N) is 1. The lowest BCUT2D eigenvalue weighted by atomic mass is 10.2. The Morgan fingerprint density at radius 2 is 2.00 bits per heavy atom. The third kappa shape index (κ3) is 3.21. The summed E-state index contributed by atoms with van der Waals surface area (Å²) < 4.78 is 11.4. The van der Waals surface area contributed by atoms with E-state index in [1.54, 1.807) is 23.1 Å². The van der Waals surface area contributed by atoms with E-state index in [9.17, 15) is 4.79 Å². The maximum absolute atomic E-state index is 12.5. The molecular formula is C19H20N2O3S2. The molecule has 1 unspecified atom stereocenters. The van der Waals surface area contributed by atoms with Crippen molar-refractivity contribution >= 4 is 33.3 Å². The molecular weight excluding hydrogens is 368 g/mol.